The lowest BCUT2D eigenvalue weighted by molar-refractivity contribution is -0.129. The van der Waals surface area contributed by atoms with Gasteiger partial charge in [-0.05, 0) is 19.4 Å². The van der Waals surface area contributed by atoms with Crippen LogP contribution in [0, 0.1) is 16.7 Å². The second-order valence-electron chi connectivity index (χ2n) is 5.13. The van der Waals surface area contributed by atoms with Crippen LogP contribution in [-0.2, 0) is 9.59 Å². The first-order chi connectivity index (χ1) is 7.27. The molecule has 0 aromatic rings. The van der Waals surface area contributed by atoms with Crippen LogP contribution < -0.4 is 0 Å². The molecule has 1 rings (SSSR count). The quantitative estimate of drug-likeness (QED) is 0.659. The first-order valence-corrected chi connectivity index (χ1v) is 5.13. The Morgan fingerprint density at radius 1 is 1.50 bits per heavy atom. The van der Waals surface area contributed by atoms with Crippen LogP contribution in [0.5, 0.6) is 0 Å². The molecule has 1 aliphatic carbocycles. The van der Waals surface area contributed by atoms with Gasteiger partial charge in [-0.1, -0.05) is 13.8 Å². The molecule has 0 aromatic carbocycles. The molecule has 1 aliphatic rings. The highest BCUT2D eigenvalue weighted by Crippen LogP contribution is 2.39. The normalized spacial score (nSPS) is 27.9. The van der Waals surface area contributed by atoms with E-state index in [1.54, 1.807) is 27.0 Å². The minimum Gasteiger partial charge on any atom is -0.339 e. The third kappa shape index (κ3) is 1.85. The van der Waals surface area contributed by atoms with Crippen molar-refractivity contribution in [3.05, 3.63) is 11.6 Å². The Bertz CT molecular complexity index is 404. The van der Waals surface area contributed by atoms with Crippen molar-refractivity contribution in [1.29, 1.82) is 5.26 Å². The molecule has 1 unspecified atom stereocenters. The summed E-state index contributed by atoms with van der Waals surface area (Å²) in [4.78, 5) is 24.2. The summed E-state index contributed by atoms with van der Waals surface area (Å²) in [6, 6.07) is 1.91. The number of allylic oxidation sites excluding steroid dienone is 1. The van der Waals surface area contributed by atoms with E-state index < -0.39 is 11.0 Å². The number of Topliss-reactive ketones (excluding diaryl/α,β-unsaturated/α-hetero) is 1. The summed E-state index contributed by atoms with van der Waals surface area (Å²) in [5.41, 5.74) is -1.02. The van der Waals surface area contributed by atoms with E-state index in [2.05, 4.69) is 0 Å². The summed E-state index contributed by atoms with van der Waals surface area (Å²) in [5.74, 6) is -0.147. The first-order valence-electron chi connectivity index (χ1n) is 5.13. The highest BCUT2D eigenvalue weighted by Gasteiger charge is 2.44. The lowest BCUT2D eigenvalue weighted by atomic mass is 9.68. The maximum atomic E-state index is 11.9. The van der Waals surface area contributed by atoms with Gasteiger partial charge in [0, 0.05) is 12.5 Å². The predicted octanol–water partition coefficient (Wildman–Crippen LogP) is 1.28. The summed E-state index contributed by atoms with van der Waals surface area (Å²) in [7, 11) is 1.66. The minimum atomic E-state index is -0.605. The fourth-order valence-corrected chi connectivity index (χ4v) is 2.20. The van der Waals surface area contributed by atoms with Gasteiger partial charge in [0.2, 0.25) is 6.41 Å². The second-order valence-corrected chi connectivity index (χ2v) is 5.13. The molecule has 4 heteroatoms. The summed E-state index contributed by atoms with van der Waals surface area (Å²) >= 11 is 0. The topological polar surface area (TPSA) is 61.2 Å². The molecule has 4 nitrogen and oxygen atoms in total. The highest BCUT2D eigenvalue weighted by molar-refractivity contribution is 6.04. The number of carbonyl (C=O) groups excluding carboxylic acids is 2. The van der Waals surface area contributed by atoms with Crippen molar-refractivity contribution >= 4 is 12.2 Å². The van der Waals surface area contributed by atoms with Crippen LogP contribution in [0.1, 0.15) is 27.2 Å². The van der Waals surface area contributed by atoms with Gasteiger partial charge in [-0.3, -0.25) is 9.59 Å². The van der Waals surface area contributed by atoms with Gasteiger partial charge in [-0.2, -0.15) is 5.26 Å². The Kier molecular flexibility index (Phi) is 2.91. The average Bonchev–Trinajstić information content (AvgIpc) is 2.21. The van der Waals surface area contributed by atoms with Gasteiger partial charge in [-0.25, -0.2) is 0 Å². The highest BCUT2D eigenvalue weighted by atomic mass is 16.1. The molecule has 16 heavy (non-hydrogen) atoms. The molecule has 0 aliphatic heterocycles. The van der Waals surface area contributed by atoms with Gasteiger partial charge in [0.05, 0.1) is 11.1 Å². The van der Waals surface area contributed by atoms with E-state index in [4.69, 9.17) is 5.26 Å². The summed E-state index contributed by atoms with van der Waals surface area (Å²) < 4.78 is 0. The fourth-order valence-electron chi connectivity index (χ4n) is 2.20. The van der Waals surface area contributed by atoms with Gasteiger partial charge in [0.1, 0.15) is 6.07 Å². The van der Waals surface area contributed by atoms with Gasteiger partial charge in [0.25, 0.3) is 0 Å². The van der Waals surface area contributed by atoms with Crippen molar-refractivity contribution in [2.75, 3.05) is 7.05 Å². The Morgan fingerprint density at radius 3 is 2.50 bits per heavy atom. The van der Waals surface area contributed by atoms with Crippen LogP contribution >= 0.6 is 0 Å². The Labute approximate surface area is 95.5 Å². The van der Waals surface area contributed by atoms with Crippen LogP contribution in [-0.4, -0.2) is 29.7 Å². The molecular formula is C12H16N2O2. The molecular weight excluding hydrogens is 204 g/mol. The van der Waals surface area contributed by atoms with E-state index in [1.807, 2.05) is 13.0 Å². The monoisotopic (exact) mass is 220 g/mol. The molecule has 0 bridgehead atoms. The number of ketones is 1. The maximum Gasteiger partial charge on any atom is 0.210 e. The molecule has 0 fully saturated rings. The molecule has 1 amide bonds. The van der Waals surface area contributed by atoms with Gasteiger partial charge in [-0.15, -0.1) is 0 Å². The number of amides is 1. The van der Waals surface area contributed by atoms with Crippen molar-refractivity contribution in [2.24, 2.45) is 5.41 Å². The molecule has 0 heterocycles. The van der Waals surface area contributed by atoms with E-state index in [9.17, 15) is 9.59 Å². The number of nitrogens with zero attached hydrogens (tertiary/aromatic N) is 2. The fraction of sp³-hybridized carbons (Fsp3) is 0.583. The summed E-state index contributed by atoms with van der Waals surface area (Å²) in [6.07, 6.45) is 2.84. The lowest BCUT2D eigenvalue weighted by Crippen LogP contribution is -2.50. The van der Waals surface area contributed by atoms with Crippen molar-refractivity contribution in [3.63, 3.8) is 0 Å². The Balaban J connectivity index is 3.28. The Morgan fingerprint density at radius 2 is 2.06 bits per heavy atom. The summed E-state index contributed by atoms with van der Waals surface area (Å²) in [6.45, 7) is 5.46. The van der Waals surface area contributed by atoms with Crippen LogP contribution in [0.2, 0.25) is 0 Å². The molecule has 0 radical (unpaired) electrons. The number of likely N-dealkylation sites (N-methyl/N-ethyl adjacent to an activating group) is 1. The van der Waals surface area contributed by atoms with Crippen LogP contribution in [0.4, 0.5) is 0 Å². The van der Waals surface area contributed by atoms with Crippen LogP contribution in [0.3, 0.4) is 0 Å². The van der Waals surface area contributed by atoms with Crippen molar-refractivity contribution in [3.8, 4) is 6.07 Å². The van der Waals surface area contributed by atoms with Gasteiger partial charge >= 0.3 is 0 Å². The summed E-state index contributed by atoms with van der Waals surface area (Å²) in [5, 5.41) is 8.93. The molecule has 0 saturated carbocycles. The van der Waals surface area contributed by atoms with Gasteiger partial charge in [0.15, 0.2) is 5.78 Å². The van der Waals surface area contributed by atoms with E-state index in [0.29, 0.717) is 6.42 Å². The van der Waals surface area contributed by atoms with Crippen molar-refractivity contribution < 1.29 is 9.59 Å². The molecule has 86 valence electrons. The lowest BCUT2D eigenvalue weighted by Gasteiger charge is -2.42. The molecule has 0 aromatic heterocycles. The number of rotatable bonds is 2. The molecule has 1 atom stereocenters. The zero-order valence-corrected chi connectivity index (χ0v) is 10.1. The zero-order chi connectivity index (χ0) is 12.6. The largest absolute Gasteiger partial charge is 0.339 e. The number of hydrogen-bond acceptors (Lipinski definition) is 3. The third-order valence-corrected chi connectivity index (χ3v) is 3.20. The Hall–Kier alpha value is -1.63. The van der Waals surface area contributed by atoms with Crippen molar-refractivity contribution in [2.45, 2.75) is 32.7 Å². The van der Waals surface area contributed by atoms with Crippen LogP contribution in [0.15, 0.2) is 11.6 Å². The molecule has 0 N–H and O–H groups in total. The van der Waals surface area contributed by atoms with E-state index in [-0.39, 0.29) is 11.4 Å². The van der Waals surface area contributed by atoms with Crippen LogP contribution in [0.25, 0.3) is 0 Å². The number of nitriles is 1. The standard InChI is InChI=1S/C12H16N2O2/c1-11(2)7-12(3,14(4)8-15)5-9(6-13)10(11)16/h5,8H,7H2,1-4H3. The first kappa shape index (κ1) is 12.4. The smallest absolute Gasteiger partial charge is 0.210 e. The van der Waals surface area contributed by atoms with E-state index in [0.717, 1.165) is 6.41 Å². The molecule has 0 spiro atoms. The number of hydrogen-bond donors (Lipinski definition) is 0. The minimum absolute atomic E-state index is 0.146. The maximum absolute atomic E-state index is 11.9. The average molecular weight is 220 g/mol. The third-order valence-electron chi connectivity index (χ3n) is 3.20. The van der Waals surface area contributed by atoms with Gasteiger partial charge < -0.3 is 4.90 Å². The second kappa shape index (κ2) is 3.75. The van der Waals surface area contributed by atoms with E-state index >= 15 is 0 Å². The van der Waals surface area contributed by atoms with Crippen molar-refractivity contribution in [1.82, 2.24) is 4.90 Å². The zero-order valence-electron chi connectivity index (χ0n) is 10.1. The number of carbonyl (C=O) groups is 2. The SMILES string of the molecule is CN(C=O)C1(C)C=C(C#N)C(=O)C(C)(C)C1. The van der Waals surface area contributed by atoms with E-state index in [1.165, 1.54) is 4.90 Å². The predicted molar refractivity (Wildman–Crippen MR) is 59.3 cm³/mol. The molecule has 0 saturated heterocycles.